The van der Waals surface area contributed by atoms with Crippen LogP contribution >= 0.6 is 90.4 Å². The molecule has 0 heterocycles. The van der Waals surface area contributed by atoms with E-state index >= 15 is 0 Å². The summed E-state index contributed by atoms with van der Waals surface area (Å²) in [5, 5.41) is 43.1. The third kappa shape index (κ3) is 47.6. The average Bonchev–Trinajstić information content (AvgIpc) is 0.859. The summed E-state index contributed by atoms with van der Waals surface area (Å²) < 4.78 is 144. The van der Waals surface area contributed by atoms with Crippen LogP contribution in [0.25, 0.3) is 0 Å². The first kappa shape index (κ1) is 106. The van der Waals surface area contributed by atoms with Crippen molar-refractivity contribution in [3.8, 4) is 64.4 Å². The van der Waals surface area contributed by atoms with E-state index in [2.05, 4.69) is 33.7 Å². The molecule has 7 rings (SSSR count). The van der Waals surface area contributed by atoms with Crippen molar-refractivity contribution in [2.24, 2.45) is 0 Å². The molecule has 0 bridgehead atoms. The number of hydrogen-bond donors (Lipinski definition) is 7. The molecule has 0 saturated carbocycles. The molecular weight excluding hydrogens is 1960 g/mol. The predicted molar refractivity (Wildman–Crippen MR) is 455 cm³/mol. The maximum absolute atomic E-state index is 14.0. The number of aliphatic hydroxyl groups is 3. The number of halogens is 11. The number of nitrogens with one attached hydrogen (secondary N) is 3. The normalized spacial score (nSPS) is 11.3. The summed E-state index contributed by atoms with van der Waals surface area (Å²) in [4.78, 5) is 45.1. The quantitative estimate of drug-likeness (QED) is 0.00879. The van der Waals surface area contributed by atoms with Gasteiger partial charge in [-0.3, -0.25) is 0 Å². The largest absolute Gasteiger partial charge is 0.507 e. The van der Waals surface area contributed by atoms with Crippen LogP contribution in [0.2, 0.25) is 0 Å². The van der Waals surface area contributed by atoms with Crippen LogP contribution in [-0.4, -0.2) is 146 Å². The van der Waals surface area contributed by atoms with Crippen molar-refractivity contribution in [1.29, 1.82) is 0 Å². The minimum Gasteiger partial charge on any atom is -0.507 e. The molecule has 0 aromatic heterocycles. The molecule has 0 saturated heterocycles. The molecule has 21 nitrogen and oxygen atoms in total. The van der Waals surface area contributed by atoms with Crippen LogP contribution in [0.3, 0.4) is 0 Å². The van der Waals surface area contributed by atoms with Crippen LogP contribution in [-0.2, 0) is 30.2 Å². The Balaban J connectivity index is 0.00000131. The zero-order chi connectivity index (χ0) is 86.9. The lowest BCUT2D eigenvalue weighted by Crippen LogP contribution is -2.33. The number of ether oxygens (including phenoxy) is 10. The Labute approximate surface area is 717 Å². The summed E-state index contributed by atoms with van der Waals surface area (Å²) in [6.07, 6.45) is 2.39. The van der Waals surface area contributed by atoms with Crippen molar-refractivity contribution in [2.75, 3.05) is 60.3 Å². The van der Waals surface area contributed by atoms with Gasteiger partial charge in [-0.1, -0.05) is 60.2 Å². The first-order valence-electron chi connectivity index (χ1n) is 34.7. The van der Waals surface area contributed by atoms with Crippen molar-refractivity contribution in [1.82, 2.24) is 16.0 Å². The summed E-state index contributed by atoms with van der Waals surface area (Å²) in [5.41, 5.74) is -1.07. The molecule has 0 fully saturated rings. The van der Waals surface area contributed by atoms with E-state index in [-0.39, 0.29) is 94.6 Å². The second-order valence-electron chi connectivity index (χ2n) is 26.0. The molecule has 7 aromatic carbocycles. The molecule has 0 spiro atoms. The lowest BCUT2D eigenvalue weighted by molar-refractivity contribution is -0.150. The minimum atomic E-state index is -0.740. The molecular formula is C82H100F7I4N3O18. The number of terminal acetylenes is 1. The highest BCUT2D eigenvalue weighted by atomic mass is 127. The number of hydrogen-bond acceptors (Lipinski definition) is 18. The van der Waals surface area contributed by atoms with Gasteiger partial charge in [0.15, 0.2) is 6.10 Å². The standard InChI is InChI=1S/C17H26FNO4.C17H22FNO4.C11H12FIO3.C9H10FIO2.C8H13NO2.C7H6FIO.C7H7FO.C6H4FIO/c2*1-12(11-20)22-15-9-5-8-14(18)13(15)7-6-10-19-16(21)23-17(2,3)4;1-3-15-11(14)7(2)16-9-6-4-5-8(12)10(9)13;1-6(5-12)13-8-4-2-3-7(10)9(8)11;1-5-6-9-7(10)11-8(2,3)4;1-10-6-4-2-3-5(8)7(6)9;1-9-7-4-2-3-6(8)5-7;7-4-2-1-3-5(9)6(4)8/h5,8-9,12,20H,6-7,10-11H2,1-4H3,(H,19,21);5,8-9,12,20H,10-11H2,1-4H3,(H,19,21);4-7H,3H2,1-2H3;2-4,6,12H,5H2,1H3;1H,6H2,2-4H3,(H,9,10);2-4H,1H3;2-5H,1H3;1-3,9H/t2*12-;7-;6-;;;;/m1111..../s1. The number of carbonyl (C=O) groups is 4. The first-order chi connectivity index (χ1) is 53.4. The van der Waals surface area contributed by atoms with Gasteiger partial charge in [0.1, 0.15) is 122 Å². The van der Waals surface area contributed by atoms with E-state index in [1.54, 1.807) is 180 Å². The Bertz CT molecular complexity index is 4130. The SMILES string of the molecule is C#CCNC(=O)OC(C)(C)C.CCOC(=O)[C@@H](C)Oc1cccc(F)c1I.COc1cccc(F)c1.COc1cccc(F)c1I.C[C@H](CO)Oc1cccc(F)c1C#CCNC(=O)OC(C)(C)C.C[C@H](CO)Oc1cccc(F)c1CCCNC(=O)OC(C)(C)C.C[C@H](CO)Oc1cccc(F)c1I.Oc1cccc(F)c1I. The van der Waals surface area contributed by atoms with Gasteiger partial charge in [-0.2, -0.15) is 0 Å². The molecule has 7 aromatic rings. The van der Waals surface area contributed by atoms with Crippen LogP contribution in [0.4, 0.5) is 45.1 Å². The molecule has 0 aliphatic rings. The van der Waals surface area contributed by atoms with E-state index in [0.29, 0.717) is 71.0 Å². The van der Waals surface area contributed by atoms with Crippen molar-refractivity contribution in [3.63, 3.8) is 0 Å². The third-order valence-corrected chi connectivity index (χ3v) is 16.8. The van der Waals surface area contributed by atoms with Crippen LogP contribution in [0.5, 0.6) is 40.2 Å². The maximum atomic E-state index is 14.0. The summed E-state index contributed by atoms with van der Waals surface area (Å²) in [5.74, 6) is 7.27. The second kappa shape index (κ2) is 57.0. The highest BCUT2D eigenvalue weighted by Gasteiger charge is 2.21. The van der Waals surface area contributed by atoms with Crippen molar-refractivity contribution in [2.45, 2.75) is 151 Å². The minimum absolute atomic E-state index is 0.00407. The summed E-state index contributed by atoms with van der Waals surface area (Å²) in [7, 11) is 3.03. The monoisotopic (exact) mass is 2060 g/mol. The molecule has 0 unspecified atom stereocenters. The van der Waals surface area contributed by atoms with Crippen molar-refractivity contribution >= 4 is 115 Å². The van der Waals surface area contributed by atoms with Crippen LogP contribution in [0.1, 0.15) is 114 Å². The topological polar surface area (TPSA) is 278 Å². The number of esters is 1. The zero-order valence-electron chi connectivity index (χ0n) is 66.1. The van der Waals surface area contributed by atoms with Crippen LogP contribution in [0, 0.1) is 79.2 Å². The van der Waals surface area contributed by atoms with E-state index in [4.69, 9.17) is 74.2 Å². The fourth-order valence-corrected chi connectivity index (χ4v) is 9.44. The highest BCUT2D eigenvalue weighted by Crippen LogP contribution is 2.29. The van der Waals surface area contributed by atoms with E-state index in [1.165, 1.54) is 87.0 Å². The number of phenols is 1. The van der Waals surface area contributed by atoms with Gasteiger partial charge in [0.25, 0.3) is 0 Å². The fraction of sp³-hybridized carbons (Fsp3) is 0.390. The molecule has 628 valence electrons. The molecule has 3 amide bonds. The summed E-state index contributed by atoms with van der Waals surface area (Å²) in [6, 6.07) is 33.0. The van der Waals surface area contributed by atoms with Gasteiger partial charge in [0.2, 0.25) is 0 Å². The lowest BCUT2D eigenvalue weighted by Gasteiger charge is -2.20. The number of rotatable bonds is 21. The van der Waals surface area contributed by atoms with Gasteiger partial charge in [-0.15, -0.1) is 6.42 Å². The Morgan fingerprint density at radius 1 is 0.482 bits per heavy atom. The average molecular weight is 2060 g/mol. The molecule has 4 atom stereocenters. The Kier molecular flexibility index (Phi) is 52.9. The number of aromatic hydroxyl groups is 1. The predicted octanol–water partition coefficient (Wildman–Crippen LogP) is 18.0. The van der Waals surface area contributed by atoms with Gasteiger partial charge in [-0.25, -0.2) is 49.9 Å². The van der Waals surface area contributed by atoms with E-state index < -0.39 is 65.2 Å². The Morgan fingerprint density at radius 2 is 0.868 bits per heavy atom. The molecule has 7 N–H and O–H groups in total. The summed E-state index contributed by atoms with van der Waals surface area (Å²) >= 11 is 7.35. The molecule has 0 radical (unpaired) electrons. The van der Waals surface area contributed by atoms with Gasteiger partial charge in [0, 0.05) is 18.2 Å². The number of phenolic OH excluding ortho intramolecular Hbond substituents is 1. The van der Waals surface area contributed by atoms with Crippen LogP contribution < -0.4 is 44.4 Å². The molecule has 32 heteroatoms. The Hall–Kier alpha value is -8.15. The smallest absolute Gasteiger partial charge is 0.408 e. The number of alkyl carbamates (subject to hydrolysis) is 3. The van der Waals surface area contributed by atoms with E-state index in [9.17, 15) is 49.9 Å². The number of methoxy groups -OCH3 is 2. The molecule has 114 heavy (non-hydrogen) atoms. The van der Waals surface area contributed by atoms with Gasteiger partial charge in [-0.05, 0) is 285 Å². The fourth-order valence-electron chi connectivity index (χ4n) is 7.52. The summed E-state index contributed by atoms with van der Waals surface area (Å²) in [6.45, 7) is 24.9. The van der Waals surface area contributed by atoms with Crippen LogP contribution in [0.15, 0.2) is 133 Å². The van der Waals surface area contributed by atoms with Crippen molar-refractivity contribution in [3.05, 3.63) is 200 Å². The maximum Gasteiger partial charge on any atom is 0.408 e. The number of benzene rings is 7. The molecule has 0 aliphatic heterocycles. The lowest BCUT2D eigenvalue weighted by atomic mass is 10.1. The Morgan fingerprint density at radius 3 is 1.28 bits per heavy atom. The highest BCUT2D eigenvalue weighted by molar-refractivity contribution is 14.1. The van der Waals surface area contributed by atoms with Gasteiger partial charge >= 0.3 is 24.2 Å². The van der Waals surface area contributed by atoms with Gasteiger partial charge in [0.05, 0.1) is 68.0 Å². The van der Waals surface area contributed by atoms with E-state index in [1.807, 2.05) is 67.8 Å². The molecule has 0 aliphatic carbocycles. The number of aliphatic hydroxyl groups excluding tert-OH is 3. The number of amides is 3. The van der Waals surface area contributed by atoms with Crippen molar-refractivity contribution < 1.29 is 118 Å². The first-order valence-corrected chi connectivity index (χ1v) is 39.1. The number of carbonyl (C=O) groups excluding carboxylic acids is 4. The third-order valence-electron chi connectivity index (χ3n) is 12.6. The second-order valence-corrected chi connectivity index (χ2v) is 30.3. The zero-order valence-corrected chi connectivity index (χ0v) is 74.7. The van der Waals surface area contributed by atoms with E-state index in [0.717, 1.165) is 0 Å². The van der Waals surface area contributed by atoms with Gasteiger partial charge < -0.3 is 83.7 Å².